The molecule has 0 saturated carbocycles. The van der Waals surface area contributed by atoms with Crippen LogP contribution < -0.4 is 5.32 Å². The van der Waals surface area contributed by atoms with Crippen LogP contribution in [0.15, 0.2) is 65.2 Å². The van der Waals surface area contributed by atoms with E-state index in [4.69, 9.17) is 9.40 Å². The monoisotopic (exact) mass is 714 g/mol. The number of hydrogen-bond acceptors (Lipinski definition) is 10. The van der Waals surface area contributed by atoms with Gasteiger partial charge in [0.15, 0.2) is 17.2 Å². The van der Waals surface area contributed by atoms with Crippen molar-refractivity contribution in [1.29, 1.82) is 5.26 Å². The molecule has 8 rings (SSSR count). The van der Waals surface area contributed by atoms with Crippen LogP contribution >= 0.6 is 0 Å². The topological polar surface area (TPSA) is 127 Å². The van der Waals surface area contributed by atoms with Gasteiger partial charge in [0.1, 0.15) is 17.1 Å². The summed E-state index contributed by atoms with van der Waals surface area (Å²) >= 11 is 0. The fraction of sp³-hybridized carbons (Fsp3) is 0.341. The van der Waals surface area contributed by atoms with Crippen LogP contribution in [0.5, 0.6) is 0 Å². The van der Waals surface area contributed by atoms with E-state index in [1.54, 1.807) is 12.3 Å². The summed E-state index contributed by atoms with van der Waals surface area (Å²) in [7, 11) is 0. The molecular formula is C41H40F2N8O2. The molecule has 0 bridgehead atoms. The predicted molar refractivity (Wildman–Crippen MR) is 200 cm³/mol. The number of aliphatic hydroxyl groups excluding tert-OH is 1. The summed E-state index contributed by atoms with van der Waals surface area (Å²) in [6.07, 6.45) is 0.360. The van der Waals surface area contributed by atoms with Crippen LogP contribution in [0, 0.1) is 31.1 Å². The van der Waals surface area contributed by atoms with E-state index in [9.17, 15) is 19.1 Å². The highest BCUT2D eigenvalue weighted by Gasteiger charge is 2.24. The van der Waals surface area contributed by atoms with E-state index >= 15 is 0 Å². The number of pyridine rings is 1. The molecule has 3 aromatic carbocycles. The summed E-state index contributed by atoms with van der Waals surface area (Å²) < 4.78 is 34.4. The molecule has 10 nitrogen and oxygen atoms in total. The van der Waals surface area contributed by atoms with E-state index in [-0.39, 0.29) is 11.9 Å². The maximum Gasteiger partial charge on any atom is 0.297 e. The molecule has 2 aliphatic heterocycles. The fourth-order valence-corrected chi connectivity index (χ4v) is 7.72. The van der Waals surface area contributed by atoms with E-state index < -0.39 is 12.2 Å². The Morgan fingerprint density at radius 1 is 0.906 bits per heavy atom. The Labute approximate surface area is 306 Å². The van der Waals surface area contributed by atoms with Crippen LogP contribution in [0.2, 0.25) is 0 Å². The minimum absolute atomic E-state index is 0.192. The lowest BCUT2D eigenvalue weighted by Crippen LogP contribution is -2.21. The number of nitrogens with one attached hydrogen (secondary N) is 1. The molecule has 2 saturated heterocycles. The molecule has 0 radical (unpaired) electrons. The predicted octanol–water partition coefficient (Wildman–Crippen LogP) is 8.08. The first kappa shape index (κ1) is 34.7. The molecule has 0 unspecified atom stereocenters. The molecule has 2 atom stereocenters. The number of rotatable bonds is 9. The SMILES string of the molecule is Cc1c(Nc2nc(C(F)F)nc3cc(CN4CC[C@@H](O)C4)cnc23)cccc1-c1cccc(-c2nc3cc(CN4CC[C@@H](C)C4)cc(C#N)c3o2)c1C. The number of likely N-dealkylation sites (tertiary alicyclic amines) is 2. The number of halogens is 2. The van der Waals surface area contributed by atoms with Crippen LogP contribution in [0.3, 0.4) is 0 Å². The van der Waals surface area contributed by atoms with Gasteiger partial charge in [0.05, 0.1) is 17.2 Å². The van der Waals surface area contributed by atoms with Gasteiger partial charge in [-0.15, -0.1) is 0 Å². The average molecular weight is 715 g/mol. The maximum atomic E-state index is 14.1. The number of β-amino-alcohol motifs (C(OH)–C–C–N with tert-alkyl or cyclic N) is 1. The van der Waals surface area contributed by atoms with Gasteiger partial charge in [0, 0.05) is 50.2 Å². The van der Waals surface area contributed by atoms with Gasteiger partial charge < -0.3 is 14.8 Å². The summed E-state index contributed by atoms with van der Waals surface area (Å²) in [4.78, 5) is 22.4. The highest BCUT2D eigenvalue weighted by Crippen LogP contribution is 2.38. The highest BCUT2D eigenvalue weighted by molar-refractivity contribution is 5.90. The minimum Gasteiger partial charge on any atom is -0.435 e. The molecule has 53 heavy (non-hydrogen) atoms. The van der Waals surface area contributed by atoms with Crippen molar-refractivity contribution in [2.75, 3.05) is 31.5 Å². The third-order valence-corrected chi connectivity index (χ3v) is 10.5. The van der Waals surface area contributed by atoms with Gasteiger partial charge in [-0.1, -0.05) is 31.2 Å². The molecule has 5 heterocycles. The number of aromatic nitrogens is 4. The van der Waals surface area contributed by atoms with Crippen molar-refractivity contribution in [3.8, 4) is 28.7 Å². The molecule has 6 aromatic rings. The van der Waals surface area contributed by atoms with Crippen LogP contribution in [0.1, 0.15) is 59.8 Å². The number of fused-ring (bicyclic) bond motifs is 2. The molecule has 0 amide bonds. The number of nitriles is 1. The molecular weight excluding hydrogens is 675 g/mol. The standard InChI is InChI=1S/C41H40F2N8O2/c1-23-10-12-50(19-23)20-26-14-28(17-44)37-35(15-26)48-41(53-37)32-8-4-6-30(24(32)2)31-7-5-9-33(25(31)3)46-39-36-34(47-40(49-39)38(42)43)16-27(18-45-36)21-51-13-11-29(52)22-51/h4-9,14-16,18,23,29,38,52H,10-13,19-22H2,1-3H3,(H,46,47,49)/t23-,29-/m1/s1. The molecule has 270 valence electrons. The van der Waals surface area contributed by atoms with Gasteiger partial charge in [-0.05, 0) is 103 Å². The molecule has 3 aromatic heterocycles. The molecule has 2 N–H and O–H groups in total. The zero-order valence-electron chi connectivity index (χ0n) is 29.9. The number of anilines is 2. The Morgan fingerprint density at radius 3 is 2.36 bits per heavy atom. The number of benzene rings is 3. The zero-order valence-corrected chi connectivity index (χ0v) is 29.9. The van der Waals surface area contributed by atoms with E-state index in [0.717, 1.165) is 65.1 Å². The Bertz CT molecular complexity index is 2390. The summed E-state index contributed by atoms with van der Waals surface area (Å²) in [6, 6.07) is 19.8. The smallest absolute Gasteiger partial charge is 0.297 e. The van der Waals surface area contributed by atoms with Crippen molar-refractivity contribution in [3.63, 3.8) is 0 Å². The van der Waals surface area contributed by atoms with Gasteiger partial charge in [-0.2, -0.15) is 5.26 Å². The Morgan fingerprint density at radius 2 is 1.62 bits per heavy atom. The quantitative estimate of drug-likeness (QED) is 0.152. The zero-order chi connectivity index (χ0) is 36.8. The lowest BCUT2D eigenvalue weighted by atomic mass is 9.93. The third-order valence-electron chi connectivity index (χ3n) is 10.5. The lowest BCUT2D eigenvalue weighted by molar-refractivity contribution is 0.141. The molecule has 2 fully saturated rings. The summed E-state index contributed by atoms with van der Waals surface area (Å²) in [6.45, 7) is 11.0. The van der Waals surface area contributed by atoms with Crippen LogP contribution in [-0.2, 0) is 13.1 Å². The Balaban J connectivity index is 1.11. The number of oxazole rings is 1. The molecule has 0 spiro atoms. The fourth-order valence-electron chi connectivity index (χ4n) is 7.72. The highest BCUT2D eigenvalue weighted by atomic mass is 19.3. The van der Waals surface area contributed by atoms with E-state index in [1.165, 1.54) is 6.42 Å². The van der Waals surface area contributed by atoms with Crippen molar-refractivity contribution in [3.05, 3.63) is 94.4 Å². The number of alkyl halides is 2. The lowest BCUT2D eigenvalue weighted by Gasteiger charge is -2.17. The van der Waals surface area contributed by atoms with Crippen LogP contribution in [0.25, 0.3) is 44.7 Å². The number of aliphatic hydroxyl groups is 1. The van der Waals surface area contributed by atoms with E-state index in [2.05, 4.69) is 43.1 Å². The van der Waals surface area contributed by atoms with E-state index in [1.807, 2.05) is 62.4 Å². The summed E-state index contributed by atoms with van der Waals surface area (Å²) in [5.41, 5.74) is 9.37. The number of nitrogens with zero attached hydrogens (tertiary/aromatic N) is 7. The van der Waals surface area contributed by atoms with E-state index in [0.29, 0.717) is 64.7 Å². The second kappa shape index (κ2) is 14.2. The Kier molecular flexibility index (Phi) is 9.32. The largest absolute Gasteiger partial charge is 0.435 e. The second-order valence-electron chi connectivity index (χ2n) is 14.5. The van der Waals surface area contributed by atoms with Crippen molar-refractivity contribution < 1.29 is 18.3 Å². The maximum absolute atomic E-state index is 14.1. The van der Waals surface area contributed by atoms with Crippen LogP contribution in [-0.4, -0.2) is 67.1 Å². The second-order valence-corrected chi connectivity index (χ2v) is 14.5. The normalized spacial score (nSPS) is 18.1. The van der Waals surface area contributed by atoms with Crippen molar-refractivity contribution in [1.82, 2.24) is 29.7 Å². The van der Waals surface area contributed by atoms with Crippen molar-refractivity contribution in [2.45, 2.75) is 59.2 Å². The average Bonchev–Trinajstić information content (AvgIpc) is 3.88. The van der Waals surface area contributed by atoms with Crippen LogP contribution in [0.4, 0.5) is 20.3 Å². The third kappa shape index (κ3) is 6.95. The number of hydrogen-bond donors (Lipinski definition) is 2. The van der Waals surface area contributed by atoms with Crippen molar-refractivity contribution >= 4 is 33.6 Å². The first-order valence-corrected chi connectivity index (χ1v) is 18.0. The summed E-state index contributed by atoms with van der Waals surface area (Å²) in [5.74, 6) is 0.718. The van der Waals surface area contributed by atoms with Gasteiger partial charge in [0.25, 0.3) is 6.43 Å². The minimum atomic E-state index is -2.87. The first-order valence-electron chi connectivity index (χ1n) is 18.0. The molecule has 2 aliphatic rings. The van der Waals surface area contributed by atoms with Gasteiger partial charge >= 0.3 is 0 Å². The summed E-state index contributed by atoms with van der Waals surface area (Å²) in [5, 5.41) is 23.2. The molecule has 12 heteroatoms. The molecule has 0 aliphatic carbocycles. The van der Waals surface area contributed by atoms with Gasteiger partial charge in [0.2, 0.25) is 5.89 Å². The first-order chi connectivity index (χ1) is 25.6. The van der Waals surface area contributed by atoms with Gasteiger partial charge in [-0.3, -0.25) is 14.8 Å². The van der Waals surface area contributed by atoms with Gasteiger partial charge in [-0.25, -0.2) is 23.7 Å². The Hall–Kier alpha value is -5.35. The van der Waals surface area contributed by atoms with Crippen molar-refractivity contribution in [2.24, 2.45) is 5.92 Å².